The number of aryl methyl sites for hydroxylation is 1. The van der Waals surface area contributed by atoms with Gasteiger partial charge in [-0.1, -0.05) is 32.9 Å². The number of ketones is 1. The first kappa shape index (κ1) is 26.7. The third kappa shape index (κ3) is 6.38. The van der Waals surface area contributed by atoms with Gasteiger partial charge in [0.2, 0.25) is 0 Å². The predicted molar refractivity (Wildman–Crippen MR) is 133 cm³/mol. The van der Waals surface area contributed by atoms with Gasteiger partial charge in [-0.05, 0) is 54.8 Å². The Labute approximate surface area is 209 Å². The van der Waals surface area contributed by atoms with Gasteiger partial charge in [0, 0.05) is 23.2 Å². The van der Waals surface area contributed by atoms with Crippen molar-refractivity contribution in [1.82, 2.24) is 0 Å². The quantitative estimate of drug-likeness (QED) is 0.297. The predicted octanol–water partition coefficient (Wildman–Crippen LogP) is 7.31. The average molecular weight is 498 g/mol. The minimum absolute atomic E-state index is 0.00295. The van der Waals surface area contributed by atoms with E-state index in [4.69, 9.17) is 14.2 Å². The lowest BCUT2D eigenvalue weighted by Gasteiger charge is -2.18. The summed E-state index contributed by atoms with van der Waals surface area (Å²) in [6, 6.07) is 13.2. The lowest BCUT2D eigenvalue weighted by atomic mass is 9.90. The van der Waals surface area contributed by atoms with E-state index in [0.29, 0.717) is 41.2 Å². The second kappa shape index (κ2) is 12.2. The van der Waals surface area contributed by atoms with Gasteiger partial charge < -0.3 is 14.2 Å². The maximum atomic E-state index is 13.3. The van der Waals surface area contributed by atoms with Crippen LogP contribution in [0.5, 0.6) is 17.2 Å². The van der Waals surface area contributed by atoms with Crippen molar-refractivity contribution in [3.05, 3.63) is 82.9 Å². The highest BCUT2D eigenvalue weighted by Gasteiger charge is 2.24. The summed E-state index contributed by atoms with van der Waals surface area (Å²) in [7, 11) is 1.50. The number of carbonyl (C=O) groups is 2. The summed E-state index contributed by atoms with van der Waals surface area (Å²) in [5.74, 6) is -1.18. The molecule has 8 heteroatoms. The molecular formula is C28H29F2NO5. The zero-order chi connectivity index (χ0) is 26.2. The van der Waals surface area contributed by atoms with Gasteiger partial charge in [0.15, 0.2) is 17.4 Å². The first-order valence-electron chi connectivity index (χ1n) is 11.7. The molecule has 0 heterocycles. The van der Waals surface area contributed by atoms with Crippen molar-refractivity contribution in [2.24, 2.45) is 5.92 Å². The van der Waals surface area contributed by atoms with Gasteiger partial charge in [-0.2, -0.15) is 0 Å². The van der Waals surface area contributed by atoms with Crippen LogP contribution in [0.25, 0.3) is 0 Å². The highest BCUT2D eigenvalue weighted by Crippen LogP contribution is 2.31. The smallest absolute Gasteiger partial charge is 0.411 e. The SMILES string of the molecule is CCc1ccc(COC(=O)Nc2ccc(Oc3ccc(F)c(F)c3)cc2)c(OC)c1C(=O)C(C)CC. The van der Waals surface area contributed by atoms with Crippen LogP contribution in [0.3, 0.4) is 0 Å². The van der Waals surface area contributed by atoms with Gasteiger partial charge in [-0.15, -0.1) is 0 Å². The van der Waals surface area contributed by atoms with E-state index in [1.54, 1.807) is 30.3 Å². The first-order chi connectivity index (χ1) is 17.3. The molecule has 190 valence electrons. The number of amides is 1. The third-order valence-corrected chi connectivity index (χ3v) is 5.80. The van der Waals surface area contributed by atoms with Crippen LogP contribution in [-0.2, 0) is 17.8 Å². The molecule has 0 aliphatic carbocycles. The molecule has 1 N–H and O–H groups in total. The average Bonchev–Trinajstić information content (AvgIpc) is 2.89. The molecule has 1 amide bonds. The maximum absolute atomic E-state index is 13.3. The second-order valence-corrected chi connectivity index (χ2v) is 8.22. The number of halogens is 2. The number of Topliss-reactive ketones (excluding diaryl/α,β-unsaturated/α-hetero) is 1. The summed E-state index contributed by atoms with van der Waals surface area (Å²) >= 11 is 0. The van der Waals surface area contributed by atoms with E-state index < -0.39 is 17.7 Å². The normalized spacial score (nSPS) is 11.5. The largest absolute Gasteiger partial charge is 0.496 e. The van der Waals surface area contributed by atoms with E-state index in [0.717, 1.165) is 17.7 Å². The molecule has 3 rings (SSSR count). The molecule has 1 atom stereocenters. The highest BCUT2D eigenvalue weighted by molar-refractivity contribution is 6.02. The van der Waals surface area contributed by atoms with Gasteiger partial charge in [0.1, 0.15) is 23.9 Å². The monoisotopic (exact) mass is 497 g/mol. The van der Waals surface area contributed by atoms with Crippen molar-refractivity contribution in [2.75, 3.05) is 12.4 Å². The first-order valence-corrected chi connectivity index (χ1v) is 11.7. The number of hydrogen-bond donors (Lipinski definition) is 1. The van der Waals surface area contributed by atoms with Gasteiger partial charge in [-0.3, -0.25) is 10.1 Å². The van der Waals surface area contributed by atoms with Crippen LogP contribution >= 0.6 is 0 Å². The van der Waals surface area contributed by atoms with Gasteiger partial charge in [0.25, 0.3) is 0 Å². The Kier molecular flexibility index (Phi) is 9.00. The number of methoxy groups -OCH3 is 1. The fraction of sp³-hybridized carbons (Fsp3) is 0.286. The zero-order valence-corrected chi connectivity index (χ0v) is 20.7. The maximum Gasteiger partial charge on any atom is 0.411 e. The molecule has 0 radical (unpaired) electrons. The van der Waals surface area contributed by atoms with E-state index in [1.807, 2.05) is 26.8 Å². The van der Waals surface area contributed by atoms with Crippen LogP contribution in [0.15, 0.2) is 54.6 Å². The Bertz CT molecular complexity index is 1230. The number of ether oxygens (including phenoxy) is 3. The van der Waals surface area contributed by atoms with Crippen molar-refractivity contribution in [1.29, 1.82) is 0 Å². The van der Waals surface area contributed by atoms with Crippen LogP contribution in [0.1, 0.15) is 48.7 Å². The molecule has 0 spiro atoms. The van der Waals surface area contributed by atoms with Gasteiger partial charge >= 0.3 is 6.09 Å². The van der Waals surface area contributed by atoms with E-state index >= 15 is 0 Å². The fourth-order valence-electron chi connectivity index (χ4n) is 3.59. The van der Waals surface area contributed by atoms with Crippen LogP contribution in [0.2, 0.25) is 0 Å². The standard InChI is InChI=1S/C28H29F2NO5/c1-5-17(3)26(32)25-18(6-2)7-8-19(27(25)34-4)16-35-28(33)31-20-9-11-21(12-10-20)36-22-13-14-23(29)24(30)15-22/h7-15,17H,5-6,16H2,1-4H3,(H,31,33). The minimum atomic E-state index is -1.01. The molecule has 0 aliphatic heterocycles. The van der Waals surface area contributed by atoms with Gasteiger partial charge in [0.05, 0.1) is 12.7 Å². The molecule has 0 aromatic heterocycles. The summed E-state index contributed by atoms with van der Waals surface area (Å²) in [5.41, 5.74) is 2.45. The molecule has 0 saturated carbocycles. The third-order valence-electron chi connectivity index (χ3n) is 5.80. The Balaban J connectivity index is 1.65. The Morgan fingerprint density at radius 3 is 2.19 bits per heavy atom. The number of hydrogen-bond acceptors (Lipinski definition) is 5. The van der Waals surface area contributed by atoms with Crippen molar-refractivity contribution < 1.29 is 32.6 Å². The fourth-order valence-corrected chi connectivity index (χ4v) is 3.59. The number of benzene rings is 3. The summed E-state index contributed by atoms with van der Waals surface area (Å²) in [6.45, 7) is 5.72. The number of anilines is 1. The van der Waals surface area contributed by atoms with Crippen LogP contribution in [0.4, 0.5) is 19.3 Å². The van der Waals surface area contributed by atoms with Gasteiger partial charge in [-0.25, -0.2) is 13.6 Å². The molecular weight excluding hydrogens is 468 g/mol. The summed E-state index contributed by atoms with van der Waals surface area (Å²) < 4.78 is 42.8. The van der Waals surface area contributed by atoms with Crippen molar-refractivity contribution in [3.63, 3.8) is 0 Å². The molecule has 1 unspecified atom stereocenters. The Hall–Kier alpha value is -3.94. The molecule has 0 fully saturated rings. The number of carbonyl (C=O) groups excluding carboxylic acids is 2. The summed E-state index contributed by atoms with van der Waals surface area (Å²) in [4.78, 5) is 25.4. The minimum Gasteiger partial charge on any atom is -0.496 e. The molecule has 6 nitrogen and oxygen atoms in total. The molecule has 0 bridgehead atoms. The van der Waals surface area contributed by atoms with Crippen molar-refractivity contribution in [3.8, 4) is 17.2 Å². The van der Waals surface area contributed by atoms with Crippen molar-refractivity contribution in [2.45, 2.75) is 40.2 Å². The molecule has 36 heavy (non-hydrogen) atoms. The highest BCUT2D eigenvalue weighted by atomic mass is 19.2. The molecule has 0 saturated heterocycles. The van der Waals surface area contributed by atoms with E-state index in [-0.39, 0.29) is 24.1 Å². The van der Waals surface area contributed by atoms with E-state index in [1.165, 1.54) is 13.2 Å². The topological polar surface area (TPSA) is 73.9 Å². The van der Waals surface area contributed by atoms with E-state index in [9.17, 15) is 18.4 Å². The number of rotatable bonds is 10. The molecule has 3 aromatic rings. The Morgan fingerprint density at radius 2 is 1.58 bits per heavy atom. The summed E-state index contributed by atoms with van der Waals surface area (Å²) in [6.07, 6.45) is 0.685. The zero-order valence-electron chi connectivity index (χ0n) is 20.7. The number of nitrogens with one attached hydrogen (secondary N) is 1. The Morgan fingerprint density at radius 1 is 0.917 bits per heavy atom. The van der Waals surface area contributed by atoms with Crippen LogP contribution < -0.4 is 14.8 Å². The lowest BCUT2D eigenvalue weighted by molar-refractivity contribution is 0.0922. The van der Waals surface area contributed by atoms with Crippen molar-refractivity contribution >= 4 is 17.6 Å². The molecule has 3 aromatic carbocycles. The van der Waals surface area contributed by atoms with E-state index in [2.05, 4.69) is 5.32 Å². The lowest BCUT2D eigenvalue weighted by Crippen LogP contribution is -2.17. The summed E-state index contributed by atoms with van der Waals surface area (Å²) in [5, 5.41) is 2.61. The van der Waals surface area contributed by atoms with Crippen LogP contribution in [0, 0.1) is 17.6 Å². The second-order valence-electron chi connectivity index (χ2n) is 8.22. The molecule has 0 aliphatic rings. The van der Waals surface area contributed by atoms with Crippen LogP contribution in [-0.4, -0.2) is 19.0 Å².